The molecule has 3 aromatic rings. The van der Waals surface area contributed by atoms with Gasteiger partial charge in [0.25, 0.3) is 5.91 Å². The van der Waals surface area contributed by atoms with E-state index in [1.54, 1.807) is 0 Å². The molecule has 0 aliphatic carbocycles. The Morgan fingerprint density at radius 2 is 1.74 bits per heavy atom. The Morgan fingerprint density at radius 1 is 0.976 bits per heavy atom. The van der Waals surface area contributed by atoms with Crippen molar-refractivity contribution in [1.82, 2.24) is 5.32 Å². The quantitative estimate of drug-likeness (QED) is 0.259. The van der Waals surface area contributed by atoms with E-state index < -0.39 is 48.2 Å². The molecule has 5 rings (SSSR count). The fourth-order valence-corrected chi connectivity index (χ4v) is 4.79. The van der Waals surface area contributed by atoms with Crippen molar-refractivity contribution in [2.75, 3.05) is 19.9 Å². The van der Waals surface area contributed by atoms with Crippen LogP contribution < -0.4 is 14.8 Å². The molecule has 1 amide bonds. The number of carbonyl (C=O) groups excluding carboxylic acids is 3. The highest BCUT2D eigenvalue weighted by atomic mass is 16.7. The van der Waals surface area contributed by atoms with Gasteiger partial charge in [-0.25, -0.2) is 14.6 Å². The largest absolute Gasteiger partial charge is 0.508 e. The first kappa shape index (κ1) is 28.3. The number of ether oxygens (including phenoxy) is 3. The first-order valence-electron chi connectivity index (χ1n) is 13.1. The van der Waals surface area contributed by atoms with Gasteiger partial charge in [0.15, 0.2) is 0 Å². The molecule has 3 aromatic carbocycles. The van der Waals surface area contributed by atoms with Crippen LogP contribution in [-0.2, 0) is 4.74 Å². The van der Waals surface area contributed by atoms with Gasteiger partial charge < -0.3 is 34.8 Å². The molecule has 12 heteroatoms. The Bertz CT molecular complexity index is 1580. The Hall–Kier alpha value is -5.23. The van der Waals surface area contributed by atoms with Gasteiger partial charge in [-0.05, 0) is 67.9 Å². The van der Waals surface area contributed by atoms with Crippen molar-refractivity contribution < 1.29 is 48.7 Å². The molecule has 1 fully saturated rings. The van der Waals surface area contributed by atoms with Crippen molar-refractivity contribution in [2.45, 2.75) is 18.9 Å². The lowest BCUT2D eigenvalue weighted by atomic mass is 9.94. The SMILES string of the molecule is O=C(N=CC1CNCCC[C@H]1OC(=O)c1cc(O)c2c(c1)OCOc1cccc(C(=O)O)c1C2=O)c1ccc(O)cc1. The monoisotopic (exact) mass is 574 g/mol. The highest BCUT2D eigenvalue weighted by Crippen LogP contribution is 2.37. The number of aromatic carboxylic acids is 1. The van der Waals surface area contributed by atoms with Crippen LogP contribution in [-0.4, -0.2) is 71.1 Å². The number of aromatic hydroxyl groups is 2. The Kier molecular flexibility index (Phi) is 8.16. The summed E-state index contributed by atoms with van der Waals surface area (Å²) in [6.07, 6.45) is 1.92. The number of phenolic OH excluding ortho intramolecular Hbond substituents is 2. The molecule has 0 aromatic heterocycles. The van der Waals surface area contributed by atoms with Gasteiger partial charge >= 0.3 is 11.9 Å². The highest BCUT2D eigenvalue weighted by Gasteiger charge is 2.32. The van der Waals surface area contributed by atoms with Crippen LogP contribution in [0, 0.1) is 5.92 Å². The average Bonchev–Trinajstić information content (AvgIpc) is 3.19. The van der Waals surface area contributed by atoms with Crippen LogP contribution in [0.1, 0.15) is 59.8 Å². The standard InChI is InChI=1S/C30H26N2O10/c33-19-8-6-16(7-9-19)28(36)32-14-18-13-31-10-2-5-22(18)42-30(39)17-11-21(34)26-24(12-17)41-15-40-23-4-1-3-20(29(37)38)25(23)27(26)35/h1,3-4,6-9,11-12,14,18,22,31,33-34H,2,5,10,13,15H2,(H,37,38)/t18?,22-/m1/s1. The third-order valence-electron chi connectivity index (χ3n) is 6.91. The molecule has 12 nitrogen and oxygen atoms in total. The summed E-state index contributed by atoms with van der Waals surface area (Å²) in [6, 6.07) is 12.0. The second kappa shape index (κ2) is 12.1. The number of benzene rings is 3. The zero-order valence-corrected chi connectivity index (χ0v) is 22.1. The molecule has 2 heterocycles. The van der Waals surface area contributed by atoms with E-state index in [0.29, 0.717) is 25.9 Å². The van der Waals surface area contributed by atoms with Crippen molar-refractivity contribution in [3.8, 4) is 23.0 Å². The van der Waals surface area contributed by atoms with E-state index in [0.717, 1.165) is 6.07 Å². The molecular formula is C30H26N2O10. The summed E-state index contributed by atoms with van der Waals surface area (Å²) in [5.41, 5.74) is -0.713. The number of hydrogen-bond acceptors (Lipinski definition) is 10. The summed E-state index contributed by atoms with van der Waals surface area (Å²) >= 11 is 0. The van der Waals surface area contributed by atoms with E-state index >= 15 is 0 Å². The summed E-state index contributed by atoms with van der Waals surface area (Å²) in [5.74, 6) is -4.77. The number of fused-ring (bicyclic) bond motifs is 2. The minimum Gasteiger partial charge on any atom is -0.508 e. The van der Waals surface area contributed by atoms with Crippen molar-refractivity contribution in [3.63, 3.8) is 0 Å². The summed E-state index contributed by atoms with van der Waals surface area (Å²) in [4.78, 5) is 54.9. The van der Waals surface area contributed by atoms with Gasteiger partial charge in [0.2, 0.25) is 12.6 Å². The molecule has 2 aliphatic heterocycles. The summed E-state index contributed by atoms with van der Waals surface area (Å²) < 4.78 is 16.8. The van der Waals surface area contributed by atoms with E-state index in [9.17, 15) is 34.5 Å². The molecular weight excluding hydrogens is 548 g/mol. The van der Waals surface area contributed by atoms with Crippen LogP contribution in [0.4, 0.5) is 0 Å². The van der Waals surface area contributed by atoms with Crippen LogP contribution >= 0.6 is 0 Å². The van der Waals surface area contributed by atoms with Gasteiger partial charge in [-0.3, -0.25) is 9.59 Å². The van der Waals surface area contributed by atoms with Crippen LogP contribution in [0.15, 0.2) is 59.6 Å². The van der Waals surface area contributed by atoms with Crippen molar-refractivity contribution in [1.29, 1.82) is 0 Å². The zero-order chi connectivity index (χ0) is 29.8. The van der Waals surface area contributed by atoms with Crippen LogP contribution in [0.25, 0.3) is 0 Å². The summed E-state index contributed by atoms with van der Waals surface area (Å²) in [7, 11) is 0. The van der Waals surface area contributed by atoms with Crippen molar-refractivity contribution in [3.05, 3.63) is 82.4 Å². The number of rotatable bonds is 5. The molecule has 2 aliphatic rings. The van der Waals surface area contributed by atoms with Gasteiger partial charge in [0, 0.05) is 24.2 Å². The summed E-state index contributed by atoms with van der Waals surface area (Å²) in [5, 5.41) is 33.1. The fourth-order valence-electron chi connectivity index (χ4n) is 4.79. The van der Waals surface area contributed by atoms with Crippen LogP contribution in [0.5, 0.6) is 23.0 Å². The van der Waals surface area contributed by atoms with Gasteiger partial charge in [-0.15, -0.1) is 0 Å². The molecule has 0 bridgehead atoms. The van der Waals surface area contributed by atoms with Crippen molar-refractivity contribution in [2.24, 2.45) is 10.9 Å². The third kappa shape index (κ3) is 5.93. The summed E-state index contributed by atoms with van der Waals surface area (Å²) in [6.45, 7) is 0.635. The number of ketones is 1. The Morgan fingerprint density at radius 3 is 2.50 bits per heavy atom. The first-order valence-corrected chi connectivity index (χ1v) is 13.1. The molecule has 2 atom stereocenters. The van der Waals surface area contributed by atoms with E-state index in [1.165, 1.54) is 54.7 Å². The average molecular weight is 575 g/mol. The first-order chi connectivity index (χ1) is 20.2. The second-order valence-corrected chi connectivity index (χ2v) is 9.67. The number of nitrogens with zero attached hydrogens (tertiary/aromatic N) is 1. The van der Waals surface area contributed by atoms with Gasteiger partial charge in [-0.2, -0.15) is 0 Å². The lowest BCUT2D eigenvalue weighted by molar-refractivity contribution is 0.0215. The molecule has 4 N–H and O–H groups in total. The smallest absolute Gasteiger partial charge is 0.338 e. The fraction of sp³-hybridized carbons (Fsp3) is 0.233. The van der Waals surface area contributed by atoms with Gasteiger partial charge in [0.05, 0.1) is 16.7 Å². The number of nitrogens with one attached hydrogen (secondary N) is 1. The Balaban J connectivity index is 1.39. The number of aliphatic imine (C=N–C) groups is 1. The lowest BCUT2D eigenvalue weighted by Gasteiger charge is -2.23. The van der Waals surface area contributed by atoms with E-state index in [2.05, 4.69) is 10.3 Å². The molecule has 42 heavy (non-hydrogen) atoms. The minimum atomic E-state index is -1.35. The topological polar surface area (TPSA) is 181 Å². The van der Waals surface area contributed by atoms with E-state index in [1.807, 2.05) is 0 Å². The maximum atomic E-state index is 13.4. The van der Waals surface area contributed by atoms with Crippen LogP contribution in [0.3, 0.4) is 0 Å². The number of carboxylic acids is 1. The molecule has 0 saturated carbocycles. The maximum Gasteiger partial charge on any atom is 0.338 e. The number of phenols is 2. The third-order valence-corrected chi connectivity index (χ3v) is 6.91. The normalized spacial score (nSPS) is 18.3. The van der Waals surface area contributed by atoms with Gasteiger partial charge in [0.1, 0.15) is 34.7 Å². The highest BCUT2D eigenvalue weighted by molar-refractivity contribution is 6.18. The number of amides is 1. The molecule has 0 spiro atoms. The van der Waals surface area contributed by atoms with Gasteiger partial charge in [-0.1, -0.05) is 6.07 Å². The number of carbonyl (C=O) groups is 4. The number of hydrogen-bond donors (Lipinski definition) is 4. The predicted octanol–water partition coefficient (Wildman–Crippen LogP) is 3.19. The van der Waals surface area contributed by atoms with E-state index in [-0.39, 0.29) is 45.1 Å². The zero-order valence-electron chi connectivity index (χ0n) is 22.1. The Labute approximate surface area is 239 Å². The lowest BCUT2D eigenvalue weighted by Crippen LogP contribution is -2.33. The maximum absolute atomic E-state index is 13.4. The number of esters is 1. The van der Waals surface area contributed by atoms with E-state index in [4.69, 9.17) is 14.2 Å². The minimum absolute atomic E-state index is 0.0204. The molecule has 1 unspecified atom stereocenters. The second-order valence-electron chi connectivity index (χ2n) is 9.67. The predicted molar refractivity (Wildman–Crippen MR) is 147 cm³/mol. The van der Waals surface area contributed by atoms with Crippen LogP contribution in [0.2, 0.25) is 0 Å². The molecule has 216 valence electrons. The molecule has 0 radical (unpaired) electrons. The van der Waals surface area contributed by atoms with Crippen molar-refractivity contribution >= 4 is 29.8 Å². The molecule has 1 saturated heterocycles. The number of carboxylic acid groups (broad SMARTS) is 1.